The fourth-order valence-corrected chi connectivity index (χ4v) is 8.27. The maximum Gasteiger partial charge on any atom is 0.333 e. The molecule has 6 aromatic carbocycles. The first-order valence-electron chi connectivity index (χ1n) is 15.6. The summed E-state index contributed by atoms with van der Waals surface area (Å²) in [6, 6.07) is 41.5. The normalized spacial score (nSPS) is 11.5. The molecule has 0 fully saturated rings. The van der Waals surface area contributed by atoms with Crippen LogP contribution in [0.2, 0.25) is 0 Å². The van der Waals surface area contributed by atoms with Gasteiger partial charge in [0.25, 0.3) is 20.0 Å². The predicted molar refractivity (Wildman–Crippen MR) is 198 cm³/mol. The zero-order valence-electron chi connectivity index (χ0n) is 27.0. The fraction of sp³-hybridized carbons (Fsp3) is 0.0256. The van der Waals surface area contributed by atoms with E-state index in [1.54, 1.807) is 48.5 Å². The third-order valence-corrected chi connectivity index (χ3v) is 11.6. The number of nitrogens with two attached hydrogens (primary N) is 2. The minimum absolute atomic E-state index is 0.0628. The molecule has 0 saturated carbocycles. The second-order valence-electron chi connectivity index (χ2n) is 11.5. The topological polar surface area (TPSA) is 161 Å². The number of rotatable bonds is 10. The van der Waals surface area contributed by atoms with Gasteiger partial charge in [0.1, 0.15) is 0 Å². The standard InChI is InChI=1S/C39H32N4O6S2/c40-38(44)42(50(46,47)36-23-15-32(16-24-36)30-7-3-1-4-8-30)34-19-11-28(12-20-34)27-29-13-21-35(22-14-29)43(39(41)45)51(48,49)37-25-17-33(18-26-37)31-9-5-2-6-10-31/h1-26H,27H2,(H2,40,44)(H2,41,45). The Hall–Kier alpha value is -6.24. The molecule has 0 bridgehead atoms. The average Bonchev–Trinajstić information content (AvgIpc) is 3.13. The number of urea groups is 2. The van der Waals surface area contributed by atoms with Crippen LogP contribution in [0.1, 0.15) is 11.1 Å². The van der Waals surface area contributed by atoms with Gasteiger partial charge in [0.2, 0.25) is 0 Å². The lowest BCUT2D eigenvalue weighted by Crippen LogP contribution is -2.40. The molecule has 0 aromatic heterocycles. The largest absolute Gasteiger partial charge is 0.350 e. The molecule has 256 valence electrons. The number of hydrogen-bond acceptors (Lipinski definition) is 6. The van der Waals surface area contributed by atoms with Crippen molar-refractivity contribution < 1.29 is 26.4 Å². The Bertz CT molecular complexity index is 2220. The van der Waals surface area contributed by atoms with Crippen LogP contribution in [-0.4, -0.2) is 28.9 Å². The van der Waals surface area contributed by atoms with Crippen molar-refractivity contribution in [3.8, 4) is 22.3 Å². The number of carbonyl (C=O) groups is 2. The summed E-state index contributed by atoms with van der Waals surface area (Å²) < 4.78 is 55.2. The van der Waals surface area contributed by atoms with E-state index in [0.29, 0.717) is 15.0 Å². The van der Waals surface area contributed by atoms with Crippen LogP contribution in [0.3, 0.4) is 0 Å². The molecule has 0 unspecified atom stereocenters. The first kappa shape index (κ1) is 34.6. The Morgan fingerprint density at radius 2 is 0.706 bits per heavy atom. The van der Waals surface area contributed by atoms with Gasteiger partial charge in [0, 0.05) is 0 Å². The summed E-state index contributed by atoms with van der Waals surface area (Å²) in [4.78, 5) is 24.7. The summed E-state index contributed by atoms with van der Waals surface area (Å²) >= 11 is 0. The molecule has 10 nitrogen and oxygen atoms in total. The predicted octanol–water partition coefficient (Wildman–Crippen LogP) is 7.16. The number of carbonyl (C=O) groups excluding carboxylic acids is 2. The molecular formula is C39H32N4O6S2. The molecule has 0 aliphatic rings. The van der Waals surface area contributed by atoms with Crippen LogP contribution in [0, 0.1) is 0 Å². The van der Waals surface area contributed by atoms with Crippen molar-refractivity contribution in [1.29, 1.82) is 0 Å². The van der Waals surface area contributed by atoms with Crippen molar-refractivity contribution >= 4 is 43.5 Å². The Morgan fingerprint density at radius 3 is 1.00 bits per heavy atom. The summed E-state index contributed by atoms with van der Waals surface area (Å²) in [6.45, 7) is 0. The van der Waals surface area contributed by atoms with E-state index in [1.807, 2.05) is 60.7 Å². The van der Waals surface area contributed by atoms with Crippen LogP contribution in [0.15, 0.2) is 168 Å². The molecule has 4 N–H and O–H groups in total. The van der Waals surface area contributed by atoms with Crippen molar-refractivity contribution in [2.45, 2.75) is 16.2 Å². The Kier molecular flexibility index (Phi) is 9.72. The third-order valence-electron chi connectivity index (χ3n) is 8.15. The molecule has 12 heteroatoms. The van der Waals surface area contributed by atoms with Crippen LogP contribution < -0.4 is 20.1 Å². The van der Waals surface area contributed by atoms with Crippen LogP contribution in [0.25, 0.3) is 22.3 Å². The van der Waals surface area contributed by atoms with E-state index in [2.05, 4.69) is 0 Å². The highest BCUT2D eigenvalue weighted by Crippen LogP contribution is 2.29. The summed E-state index contributed by atoms with van der Waals surface area (Å²) in [7, 11) is -8.65. The van der Waals surface area contributed by atoms with Gasteiger partial charge in [-0.25, -0.2) is 26.4 Å². The lowest BCUT2D eigenvalue weighted by atomic mass is 10.0. The van der Waals surface area contributed by atoms with Gasteiger partial charge in [-0.2, -0.15) is 8.61 Å². The second-order valence-corrected chi connectivity index (χ2v) is 15.1. The van der Waals surface area contributed by atoms with Gasteiger partial charge in [-0.1, -0.05) is 109 Å². The third kappa shape index (κ3) is 7.37. The van der Waals surface area contributed by atoms with Crippen LogP contribution in [0.5, 0.6) is 0 Å². The van der Waals surface area contributed by atoms with Crippen LogP contribution in [0.4, 0.5) is 21.0 Å². The van der Waals surface area contributed by atoms with Crippen LogP contribution >= 0.6 is 0 Å². The van der Waals surface area contributed by atoms with Gasteiger partial charge in [0.15, 0.2) is 0 Å². The summed E-state index contributed by atoms with van der Waals surface area (Å²) in [5.41, 5.74) is 16.2. The van der Waals surface area contributed by atoms with Gasteiger partial charge >= 0.3 is 12.1 Å². The highest BCUT2D eigenvalue weighted by atomic mass is 32.2. The Labute approximate surface area is 296 Å². The maximum absolute atomic E-state index is 13.5. The number of benzene rings is 6. The lowest BCUT2D eigenvalue weighted by Gasteiger charge is -2.21. The van der Waals surface area contributed by atoms with E-state index in [-0.39, 0.29) is 21.2 Å². The maximum atomic E-state index is 13.5. The van der Waals surface area contributed by atoms with Crippen molar-refractivity contribution in [2.75, 3.05) is 8.61 Å². The number of anilines is 2. The summed E-state index contributed by atoms with van der Waals surface area (Å²) in [6.07, 6.45) is 0.370. The van der Waals surface area contributed by atoms with E-state index in [4.69, 9.17) is 11.5 Å². The number of primary amides is 2. The van der Waals surface area contributed by atoms with E-state index in [0.717, 1.165) is 33.4 Å². The van der Waals surface area contributed by atoms with Gasteiger partial charge < -0.3 is 11.5 Å². The molecule has 6 aromatic rings. The summed E-state index contributed by atoms with van der Waals surface area (Å²) in [5.74, 6) is 0. The molecule has 4 amide bonds. The van der Waals surface area contributed by atoms with Gasteiger partial charge in [-0.05, 0) is 88.3 Å². The van der Waals surface area contributed by atoms with Gasteiger partial charge in [0.05, 0.1) is 21.2 Å². The highest BCUT2D eigenvalue weighted by Gasteiger charge is 2.31. The smallest absolute Gasteiger partial charge is 0.333 e. The first-order valence-corrected chi connectivity index (χ1v) is 18.5. The van der Waals surface area contributed by atoms with E-state index in [1.165, 1.54) is 48.5 Å². The number of nitrogens with zero attached hydrogens (tertiary/aromatic N) is 2. The van der Waals surface area contributed by atoms with Gasteiger partial charge in [-0.3, -0.25) is 0 Å². The zero-order chi connectivity index (χ0) is 36.2. The quantitative estimate of drug-likeness (QED) is 0.153. The minimum atomic E-state index is -4.32. The Morgan fingerprint density at radius 1 is 0.412 bits per heavy atom. The molecule has 0 heterocycles. The second kappa shape index (κ2) is 14.3. The molecule has 0 spiro atoms. The molecule has 0 atom stereocenters. The molecular weight excluding hydrogens is 685 g/mol. The van der Waals surface area contributed by atoms with Crippen LogP contribution in [-0.2, 0) is 26.5 Å². The van der Waals surface area contributed by atoms with E-state index >= 15 is 0 Å². The molecule has 0 saturated heterocycles. The monoisotopic (exact) mass is 716 g/mol. The highest BCUT2D eigenvalue weighted by molar-refractivity contribution is 7.94. The van der Waals surface area contributed by atoms with Crippen molar-refractivity contribution in [1.82, 2.24) is 0 Å². The lowest BCUT2D eigenvalue weighted by molar-refractivity contribution is 0.256. The van der Waals surface area contributed by atoms with Gasteiger partial charge in [-0.15, -0.1) is 0 Å². The molecule has 51 heavy (non-hydrogen) atoms. The van der Waals surface area contributed by atoms with E-state index < -0.39 is 32.1 Å². The zero-order valence-corrected chi connectivity index (χ0v) is 28.7. The molecule has 6 rings (SSSR count). The first-order chi connectivity index (χ1) is 24.4. The number of amides is 4. The van der Waals surface area contributed by atoms with Crippen molar-refractivity contribution in [3.05, 3.63) is 169 Å². The SMILES string of the molecule is NC(=O)N(c1ccc(Cc2ccc(N(C(N)=O)S(=O)(=O)c3ccc(-c4ccccc4)cc3)cc2)cc1)S(=O)(=O)c1ccc(-c2ccccc2)cc1. The Balaban J connectivity index is 1.17. The van der Waals surface area contributed by atoms with Crippen molar-refractivity contribution in [3.63, 3.8) is 0 Å². The van der Waals surface area contributed by atoms with Crippen molar-refractivity contribution in [2.24, 2.45) is 11.5 Å². The average molecular weight is 717 g/mol. The molecule has 0 aliphatic carbocycles. The summed E-state index contributed by atoms with van der Waals surface area (Å²) in [5, 5.41) is 0. The molecule has 0 radical (unpaired) electrons. The number of sulfonamides is 2. The minimum Gasteiger partial charge on any atom is -0.350 e. The fourth-order valence-electron chi connectivity index (χ4n) is 5.61. The molecule has 0 aliphatic heterocycles. The van der Waals surface area contributed by atoms with E-state index in [9.17, 15) is 26.4 Å². The number of hydrogen-bond donors (Lipinski definition) is 2.